The second kappa shape index (κ2) is 66.0. The molecule has 30 heteroatoms. The van der Waals surface area contributed by atoms with E-state index in [2.05, 4.69) is 136 Å². The first-order valence-electron chi connectivity index (χ1n) is 38.8. The largest absolute Gasteiger partial charge is 1.00 e. The monoisotopic (exact) mass is 2020 g/mol. The van der Waals surface area contributed by atoms with Gasteiger partial charge in [-0.05, 0) is 174 Å². The van der Waals surface area contributed by atoms with E-state index in [9.17, 15) is 23.9 Å². The first-order chi connectivity index (χ1) is 60.2. The number of phenols is 1. The predicted octanol–water partition coefficient (Wildman–Crippen LogP) is 19.7. The molecule has 0 aromatic heterocycles. The molecule has 4 fully saturated rings. The number of hydrogen-bond acceptors (Lipinski definition) is 19. The molecular formula is C97H108Br2Cl5FK2N2O18+2. The number of alkyl halides is 6. The third-order valence-corrected chi connectivity index (χ3v) is 20.2. The number of hydrogen-bond donors (Lipinski definition) is 5. The van der Waals surface area contributed by atoms with E-state index in [0.29, 0.717) is 48.2 Å². The van der Waals surface area contributed by atoms with Crippen LogP contribution in [0.1, 0.15) is 169 Å². The Morgan fingerprint density at radius 1 is 0.520 bits per heavy atom. The van der Waals surface area contributed by atoms with Gasteiger partial charge < -0.3 is 52.7 Å². The number of aromatic hydroxyl groups is 1. The molecule has 4 saturated heterocycles. The molecular weight excluding hydrogens is 1920 g/mol. The standard InChI is InChI=1S/C19H21NO3.C19H19NO3.C19H20O3.C10H12O2.C9H9BrO.C9H9Br.C7H5ClO3.2CH2Cl2.CH2F.CH2O3.CH4.2K/c2*1-12-9-13(2)18(14(3)16(12)10-20-21)22-11-17-19(23-17)15-7-5-4-6-8-15;1-12-9-13(2)18(14(3)16(12)10-20)21-11-17-19(22-17)15-7-5-4-6-8-15;1-6-4-7(2)10(12)8(3)9(6)5-11;10-6-8-9(11-8)7-4-2-1-3-5-7;10-8-4-7-9-5-2-1-3-6-9;8-6-3-1-2-5(4-6)7(9)11-10;2*2-1-3;1-2;2-1-4-3;;;/h4-10,17,19,21H,11H2,1-3H3;4-9,17,19H,11H2,1-3H3;4-10,17,19H,11H2,1-3H3;4-5,12H,1-3H3;1-5,8-9H,6H2;1-7H,8H2;1-4,10H;2*1H2;1H2;1,3H;1H4;;/q;;;;;;;;;-1;;;2*+1/p+1/b20-10+;;;;;7-4+;;;;;;;;/i/hD. The van der Waals surface area contributed by atoms with Crippen LogP contribution in [0.2, 0.25) is 5.02 Å². The van der Waals surface area contributed by atoms with Crippen LogP contribution in [-0.2, 0) is 33.5 Å². The first-order valence-corrected chi connectivity index (χ1v) is 43.2. The van der Waals surface area contributed by atoms with Gasteiger partial charge in [-0.2, -0.15) is 17.6 Å². The zero-order chi connectivity index (χ0) is 92.5. The summed E-state index contributed by atoms with van der Waals surface area (Å²) in [6.45, 7) is 24.8. The molecule has 8 unspecified atom stereocenters. The number of carbonyl (C=O) groups excluding carboxylic acids is 4. The number of rotatable bonds is 22. The molecule has 0 amide bonds. The summed E-state index contributed by atoms with van der Waals surface area (Å²) in [6.07, 6.45) is 8.67. The summed E-state index contributed by atoms with van der Waals surface area (Å²) < 4.78 is 55.4. The van der Waals surface area contributed by atoms with Gasteiger partial charge in [-0.1, -0.05) is 250 Å². The average molecular weight is 2030 g/mol. The van der Waals surface area contributed by atoms with Crippen molar-refractivity contribution in [3.05, 3.63) is 346 Å². The fourth-order valence-electron chi connectivity index (χ4n) is 13.0. The fourth-order valence-corrected chi connectivity index (χ4v) is 13.8. The number of allylic oxidation sites excluding steroid dienone is 1. The molecule has 5 N–H and O–H groups in total. The zero-order valence-corrected chi connectivity index (χ0v) is 85.9. The molecule has 4 aliphatic rings. The summed E-state index contributed by atoms with van der Waals surface area (Å²) in [4.78, 5) is 48.2. The van der Waals surface area contributed by atoms with E-state index < -0.39 is 5.97 Å². The SMILES string of the molecule is BrC/C=C/c1ccccc1.BrCC1OC1c1ccccc1.C.Cc1cc(C)c(C=O)c(C)c1O.Cc1cc(C)c(OCC2OC2c2ccccc2)c(C)c1/C=N/O.Cc1cc(C)c(OCC2OC2c2ccccc2)c(C)c1C#[N+]O.Cc1cc(C)c(OCC2OC2c2ccccc2)c(C)c1C=O.ClCCl.ClCCl.O=C(OO)c1cccc(Cl)c1.[2H]OOC=O.[CH2-]F.[K+].[K+]. The molecule has 20 nitrogen and oxygen atoms in total. The fraction of sp³-hybridized carbons (Fsp3) is 0.289. The van der Waals surface area contributed by atoms with E-state index >= 15 is 0 Å². The number of ether oxygens (including phenoxy) is 7. The molecule has 10 aromatic rings. The van der Waals surface area contributed by atoms with Crippen molar-refractivity contribution in [2.45, 2.75) is 139 Å². The molecule has 670 valence electrons. The van der Waals surface area contributed by atoms with Crippen LogP contribution in [0, 0.1) is 96.3 Å². The van der Waals surface area contributed by atoms with E-state index in [1.807, 2.05) is 191 Å². The van der Waals surface area contributed by atoms with Gasteiger partial charge in [0.15, 0.2) is 12.6 Å². The Bertz CT molecular complexity index is 5080. The summed E-state index contributed by atoms with van der Waals surface area (Å²) in [5.74, 6) is 1.86. The number of epoxide rings is 4. The van der Waals surface area contributed by atoms with Crippen LogP contribution < -0.4 is 117 Å². The number of halogens is 8. The zero-order valence-electron chi connectivity index (χ0n) is 73.7. The minimum Gasteiger partial charge on any atom is -0.507 e. The van der Waals surface area contributed by atoms with Gasteiger partial charge in [0.05, 0.1) is 28.6 Å². The molecule has 0 radical (unpaired) electrons. The summed E-state index contributed by atoms with van der Waals surface area (Å²) in [6, 6.07) is 67.7. The minimum absolute atomic E-state index is 0. The number of phenolic OH excluding ortho intramolecular Hbond substituents is 1. The second-order valence-electron chi connectivity index (χ2n) is 27.5. The van der Waals surface area contributed by atoms with E-state index in [4.69, 9.17) is 113 Å². The summed E-state index contributed by atoms with van der Waals surface area (Å²) in [5, 5.41) is 47.0. The maximum absolute atomic E-state index is 11.2. The Morgan fingerprint density at radius 2 is 0.874 bits per heavy atom. The number of aryl methyl sites for hydroxylation is 8. The Morgan fingerprint density at radius 3 is 1.21 bits per heavy atom. The molecule has 0 spiro atoms. The Hall–Kier alpha value is -6.45. The van der Waals surface area contributed by atoms with Gasteiger partial charge in [-0.15, -0.1) is 46.4 Å². The van der Waals surface area contributed by atoms with Crippen molar-refractivity contribution in [2.24, 2.45) is 5.16 Å². The van der Waals surface area contributed by atoms with Crippen LogP contribution in [0.4, 0.5) is 4.39 Å². The van der Waals surface area contributed by atoms with Crippen LogP contribution in [0.5, 0.6) is 23.0 Å². The van der Waals surface area contributed by atoms with Crippen molar-refractivity contribution in [3.8, 4) is 29.1 Å². The van der Waals surface area contributed by atoms with Crippen LogP contribution >= 0.6 is 89.9 Å². The number of nitrogens with zero attached hydrogens (tertiary/aromatic N) is 2. The Balaban J connectivity index is 0.000000742. The molecule has 0 aliphatic carbocycles. The van der Waals surface area contributed by atoms with Gasteiger partial charge in [-0.25, -0.2) is 10.1 Å². The maximum atomic E-state index is 11.2. The smallest absolute Gasteiger partial charge is 0.507 e. The molecule has 8 atom stereocenters. The van der Waals surface area contributed by atoms with E-state index in [1.165, 1.54) is 46.2 Å². The van der Waals surface area contributed by atoms with Crippen molar-refractivity contribution in [3.63, 3.8) is 0 Å². The van der Waals surface area contributed by atoms with Gasteiger partial charge in [0, 0.05) is 54.6 Å². The molecule has 4 aliphatic heterocycles. The first kappa shape index (κ1) is 117. The predicted molar refractivity (Wildman–Crippen MR) is 504 cm³/mol. The molecule has 14 rings (SSSR count). The van der Waals surface area contributed by atoms with Gasteiger partial charge in [-0.3, -0.25) is 19.3 Å². The number of aldehydes is 2. The quantitative estimate of drug-likeness (QED) is 0.00485. The summed E-state index contributed by atoms with van der Waals surface area (Å²) in [5.41, 5.74) is 20.8. The number of carbonyl (C=O) groups is 4. The van der Waals surface area contributed by atoms with Crippen LogP contribution in [-0.4, -0.2) is 123 Å². The van der Waals surface area contributed by atoms with Crippen molar-refractivity contribution >= 4 is 127 Å². The Kier molecular flexibility index (Phi) is 60.6. The van der Waals surface area contributed by atoms with Gasteiger partial charge >= 0.3 is 121 Å². The van der Waals surface area contributed by atoms with Gasteiger partial charge in [0.25, 0.3) is 1.43 Å². The topological polar surface area (TPSA) is 282 Å². The van der Waals surface area contributed by atoms with E-state index in [0.717, 1.165) is 118 Å². The third kappa shape index (κ3) is 40.7. The molecule has 0 saturated carbocycles. The second-order valence-corrected chi connectivity index (χ2v) is 30.9. The molecule has 127 heavy (non-hydrogen) atoms. The van der Waals surface area contributed by atoms with Gasteiger partial charge in [0.2, 0.25) is 5.01 Å². The number of benzene rings is 10. The van der Waals surface area contributed by atoms with Crippen molar-refractivity contribution in [2.75, 3.05) is 41.2 Å². The Labute approximate surface area is 873 Å². The normalized spacial score (nSPS) is 16.1. The number of oxime groups is 1. The van der Waals surface area contributed by atoms with Crippen molar-refractivity contribution < 1.29 is 195 Å². The summed E-state index contributed by atoms with van der Waals surface area (Å²) in [7, 11) is 1.75. The van der Waals surface area contributed by atoms with Crippen LogP contribution in [0.3, 0.4) is 0 Å². The van der Waals surface area contributed by atoms with Crippen LogP contribution in [0.25, 0.3) is 12.5 Å². The average Bonchev–Trinajstić information content (AvgIpc) is 1.74. The van der Waals surface area contributed by atoms with E-state index in [-0.39, 0.29) is 175 Å². The molecule has 10 aromatic carbocycles. The summed E-state index contributed by atoms with van der Waals surface area (Å²) >= 11 is 31.3. The van der Waals surface area contributed by atoms with E-state index in [1.54, 1.807) is 26.2 Å². The molecule has 4 heterocycles. The maximum Gasteiger partial charge on any atom is 1.00 e. The third-order valence-electron chi connectivity index (χ3n) is 18.9. The molecule has 0 bridgehead atoms. The minimum atomic E-state index is -0.813. The van der Waals surface area contributed by atoms with Gasteiger partial charge in [0.1, 0.15) is 91.1 Å². The van der Waals surface area contributed by atoms with Crippen molar-refractivity contribution in [1.82, 2.24) is 0 Å². The van der Waals surface area contributed by atoms with Crippen molar-refractivity contribution in [1.29, 1.82) is 1.43 Å². The van der Waals surface area contributed by atoms with Crippen LogP contribution in [0.15, 0.2) is 211 Å².